The molecule has 0 bridgehead atoms. The molecule has 0 aliphatic rings. The lowest BCUT2D eigenvalue weighted by Crippen LogP contribution is -2.49. The van der Waals surface area contributed by atoms with Crippen molar-refractivity contribution in [3.8, 4) is 0 Å². The molecule has 0 radical (unpaired) electrons. The summed E-state index contributed by atoms with van der Waals surface area (Å²) in [6.07, 6.45) is 0.155. The second-order valence-corrected chi connectivity index (χ2v) is 5.02. The Balaban J connectivity index is 4.44. The number of hydrogen-bond acceptors (Lipinski definition) is 9. The van der Waals surface area contributed by atoms with Gasteiger partial charge in [0, 0.05) is 18.0 Å². The molecule has 0 unspecified atom stereocenters. The van der Waals surface area contributed by atoms with Crippen molar-refractivity contribution in [2.45, 2.75) is 27.2 Å². The first kappa shape index (κ1) is 19.3. The summed E-state index contributed by atoms with van der Waals surface area (Å²) in [6.45, 7) is 5.45. The van der Waals surface area contributed by atoms with Crippen molar-refractivity contribution < 1.29 is 37.7 Å². The molecule has 0 rings (SSSR count). The lowest BCUT2D eigenvalue weighted by Gasteiger charge is -2.23. The predicted molar refractivity (Wildman–Crippen MR) is 66.3 cm³/mol. The summed E-state index contributed by atoms with van der Waals surface area (Å²) in [4.78, 5) is 24.1. The molecule has 0 aliphatic carbocycles. The summed E-state index contributed by atoms with van der Waals surface area (Å²) < 4.78 is 20.1. The number of nitrogens with zero attached hydrogens (tertiary/aromatic N) is 1. The first-order chi connectivity index (χ1) is 9.60. The molecule has 0 spiro atoms. The van der Waals surface area contributed by atoms with Gasteiger partial charge in [0.1, 0.15) is 0 Å². The van der Waals surface area contributed by atoms with Crippen molar-refractivity contribution in [3.63, 3.8) is 0 Å². The van der Waals surface area contributed by atoms with Crippen LogP contribution in [0.2, 0.25) is 0 Å². The van der Waals surface area contributed by atoms with Crippen molar-refractivity contribution in [3.05, 3.63) is 10.1 Å². The van der Waals surface area contributed by atoms with E-state index in [4.69, 9.17) is 32.8 Å². The topological polar surface area (TPSA) is 108 Å². The van der Waals surface area contributed by atoms with Crippen LogP contribution in [0.5, 0.6) is 0 Å². The second-order valence-electron chi connectivity index (χ2n) is 3.23. The van der Waals surface area contributed by atoms with Crippen molar-refractivity contribution in [1.82, 2.24) is 0 Å². The molecule has 0 saturated heterocycles. The van der Waals surface area contributed by atoms with Crippen molar-refractivity contribution in [1.29, 1.82) is 0 Å². The molecule has 0 aliphatic heterocycles. The van der Waals surface area contributed by atoms with E-state index < -0.39 is 14.0 Å². The maximum Gasteiger partial charge on any atom is 0.764 e. The average Bonchev–Trinajstić information content (AvgIpc) is 2.44. The van der Waals surface area contributed by atoms with Crippen molar-refractivity contribution in [2.24, 2.45) is 0 Å². The first-order valence-corrected chi connectivity index (χ1v) is 7.91. The monoisotopic (exact) mass is 315 g/mol. The van der Waals surface area contributed by atoms with Gasteiger partial charge in [-0.1, -0.05) is 0 Å². The average molecular weight is 315 g/mol. The highest BCUT2D eigenvalue weighted by Crippen LogP contribution is 2.14. The summed E-state index contributed by atoms with van der Waals surface area (Å²) in [5.41, 5.74) is 0. The largest absolute Gasteiger partial charge is 0.764 e. The molecule has 0 atom stereocenters. The zero-order valence-corrected chi connectivity index (χ0v) is 12.9. The van der Waals surface area contributed by atoms with E-state index in [-0.39, 0.29) is 39.4 Å². The Labute approximate surface area is 118 Å². The van der Waals surface area contributed by atoms with E-state index in [0.717, 1.165) is 0 Å². The molecular weight excluding hydrogens is 294 g/mol. The zero-order valence-electron chi connectivity index (χ0n) is 11.9. The summed E-state index contributed by atoms with van der Waals surface area (Å²) in [5.74, 6) is 0. The Bertz CT molecular complexity index is 234. The fourth-order valence-corrected chi connectivity index (χ4v) is 2.31. The molecule has 10 nitrogen and oxygen atoms in total. The van der Waals surface area contributed by atoms with Gasteiger partial charge < -0.3 is 4.43 Å². The number of rotatable bonds is 14. The molecule has 20 heavy (non-hydrogen) atoms. The minimum atomic E-state index is -3.82. The number of nitro groups is 1. The maximum atomic E-state index is 10.2. The highest BCUT2D eigenvalue weighted by Gasteiger charge is 2.52. The second kappa shape index (κ2) is 12.1. The standard InChI is InChI=1S/C9H21NO9Si/c1-4-13-17-20(18-14-5-2,19-15-6-3)16-9-7-8-10(11)12/h4-9H2,1-3H3. The van der Waals surface area contributed by atoms with Crippen LogP contribution in [0.1, 0.15) is 27.2 Å². The molecule has 0 aromatic carbocycles. The van der Waals surface area contributed by atoms with Crippen molar-refractivity contribution >= 4 is 9.05 Å². The van der Waals surface area contributed by atoms with Gasteiger partial charge in [0.25, 0.3) is 0 Å². The molecule has 0 aromatic rings. The van der Waals surface area contributed by atoms with E-state index in [0.29, 0.717) is 0 Å². The normalized spacial score (nSPS) is 11.8. The van der Waals surface area contributed by atoms with E-state index in [1.807, 2.05) is 0 Å². The fraction of sp³-hybridized carbons (Fsp3) is 1.00. The third-order valence-electron chi connectivity index (χ3n) is 1.60. The highest BCUT2D eigenvalue weighted by molar-refractivity contribution is 6.52. The minimum absolute atomic E-state index is 0.0274. The molecule has 0 heterocycles. The van der Waals surface area contributed by atoms with Gasteiger partial charge in [-0.05, 0) is 20.8 Å². The van der Waals surface area contributed by atoms with Gasteiger partial charge >= 0.3 is 9.05 Å². The minimum Gasteiger partial charge on any atom is -0.347 e. The summed E-state index contributed by atoms with van der Waals surface area (Å²) >= 11 is 0. The van der Waals surface area contributed by atoms with Crippen molar-refractivity contribution in [2.75, 3.05) is 33.0 Å². The van der Waals surface area contributed by atoms with Gasteiger partial charge in [0.15, 0.2) is 0 Å². The van der Waals surface area contributed by atoms with E-state index in [1.54, 1.807) is 20.8 Å². The lowest BCUT2D eigenvalue weighted by atomic mass is 10.5. The lowest BCUT2D eigenvalue weighted by molar-refractivity contribution is -0.481. The van der Waals surface area contributed by atoms with Gasteiger partial charge in [-0.3, -0.25) is 10.1 Å². The van der Waals surface area contributed by atoms with Crippen LogP contribution in [-0.2, 0) is 32.8 Å². The van der Waals surface area contributed by atoms with Gasteiger partial charge in [0.05, 0.1) is 19.8 Å². The molecule has 120 valence electrons. The van der Waals surface area contributed by atoms with Crippen LogP contribution < -0.4 is 0 Å². The van der Waals surface area contributed by atoms with Crippen LogP contribution >= 0.6 is 0 Å². The van der Waals surface area contributed by atoms with Gasteiger partial charge in [-0.25, -0.2) is 14.7 Å². The van der Waals surface area contributed by atoms with Crippen LogP contribution in [0.15, 0.2) is 0 Å². The number of hydrogen-bond donors (Lipinski definition) is 0. The van der Waals surface area contributed by atoms with Crippen LogP contribution in [0.25, 0.3) is 0 Å². The summed E-state index contributed by atoms with van der Waals surface area (Å²) in [6, 6.07) is 0. The smallest absolute Gasteiger partial charge is 0.347 e. The molecule has 0 amide bonds. The van der Waals surface area contributed by atoms with Gasteiger partial charge in [-0.15, -0.1) is 0 Å². The Hall–Kier alpha value is -0.663. The van der Waals surface area contributed by atoms with Crippen LogP contribution in [-0.4, -0.2) is 46.9 Å². The Morgan fingerprint density at radius 3 is 1.75 bits per heavy atom. The fourth-order valence-electron chi connectivity index (χ4n) is 0.898. The molecular formula is C9H21NO9Si. The predicted octanol–water partition coefficient (Wildman–Crippen LogP) is 1.01. The van der Waals surface area contributed by atoms with E-state index in [9.17, 15) is 10.1 Å². The molecule has 0 saturated carbocycles. The quantitative estimate of drug-likeness (QED) is 0.152. The van der Waals surface area contributed by atoms with E-state index >= 15 is 0 Å². The first-order valence-electron chi connectivity index (χ1n) is 6.27. The molecule has 11 heteroatoms. The maximum absolute atomic E-state index is 10.2. The SMILES string of the molecule is CCOO[Si](OCCC[N+](=O)[O-])(OOCC)OOCC. The Kier molecular flexibility index (Phi) is 11.7. The van der Waals surface area contributed by atoms with Crippen LogP contribution in [0.4, 0.5) is 0 Å². The third-order valence-corrected chi connectivity index (χ3v) is 3.12. The molecule has 0 N–H and O–H groups in total. The summed E-state index contributed by atoms with van der Waals surface area (Å²) in [7, 11) is -3.82. The Morgan fingerprint density at radius 2 is 1.40 bits per heavy atom. The van der Waals surface area contributed by atoms with Crippen LogP contribution in [0, 0.1) is 10.1 Å². The van der Waals surface area contributed by atoms with E-state index in [1.165, 1.54) is 0 Å². The van der Waals surface area contributed by atoms with Crippen LogP contribution in [0.3, 0.4) is 0 Å². The molecule has 0 aromatic heterocycles. The third kappa shape index (κ3) is 9.27. The Morgan fingerprint density at radius 1 is 0.950 bits per heavy atom. The van der Waals surface area contributed by atoms with E-state index in [2.05, 4.69) is 0 Å². The van der Waals surface area contributed by atoms with Gasteiger partial charge in [0.2, 0.25) is 6.54 Å². The highest BCUT2D eigenvalue weighted by atomic mass is 28.4. The zero-order chi connectivity index (χ0) is 15.3. The summed E-state index contributed by atoms with van der Waals surface area (Å²) in [5, 5.41) is 10.2. The van der Waals surface area contributed by atoms with Gasteiger partial charge in [-0.2, -0.15) is 13.7 Å². The molecule has 0 fully saturated rings.